The average molecular weight is 353 g/mol. The maximum atomic E-state index is 12.2. The van der Waals surface area contributed by atoms with E-state index in [1.807, 2.05) is 34.6 Å². The molecule has 6 heteroatoms. The quantitative estimate of drug-likeness (QED) is 0.781. The van der Waals surface area contributed by atoms with Gasteiger partial charge >= 0.3 is 0 Å². The Kier molecular flexibility index (Phi) is 5.31. The molecule has 0 bridgehead atoms. The molecule has 116 valence electrons. The van der Waals surface area contributed by atoms with E-state index >= 15 is 0 Å². The highest BCUT2D eigenvalue weighted by Crippen LogP contribution is 2.23. The van der Waals surface area contributed by atoms with Crippen LogP contribution in [0.15, 0.2) is 35.7 Å². The maximum Gasteiger partial charge on any atom is 0.246 e. The zero-order valence-corrected chi connectivity index (χ0v) is 14.5. The van der Waals surface area contributed by atoms with Crippen molar-refractivity contribution >= 4 is 46.3 Å². The number of rotatable bonds is 4. The van der Waals surface area contributed by atoms with Crippen LogP contribution in [0, 0.1) is 0 Å². The molecule has 3 heterocycles. The van der Waals surface area contributed by atoms with Gasteiger partial charge in [0.05, 0.1) is 4.34 Å². The molecule has 1 saturated heterocycles. The van der Waals surface area contributed by atoms with Gasteiger partial charge in [0.1, 0.15) is 0 Å². The van der Waals surface area contributed by atoms with Crippen LogP contribution in [0.5, 0.6) is 0 Å². The zero-order chi connectivity index (χ0) is 15.4. The summed E-state index contributed by atoms with van der Waals surface area (Å²) < 4.78 is 0.836. The van der Waals surface area contributed by atoms with Crippen LogP contribution in [0.2, 0.25) is 4.34 Å². The molecule has 0 aliphatic carbocycles. The number of piperazine rings is 1. The first-order valence-electron chi connectivity index (χ1n) is 7.18. The molecule has 0 unspecified atom stereocenters. The van der Waals surface area contributed by atoms with Crippen molar-refractivity contribution in [2.75, 3.05) is 26.2 Å². The molecule has 1 amide bonds. The molecule has 1 fully saturated rings. The Bertz CT molecular complexity index is 643. The van der Waals surface area contributed by atoms with Crippen molar-refractivity contribution in [1.29, 1.82) is 0 Å². The molecule has 0 atom stereocenters. The van der Waals surface area contributed by atoms with E-state index < -0.39 is 0 Å². The van der Waals surface area contributed by atoms with E-state index in [1.165, 1.54) is 4.88 Å². The molecule has 2 aromatic heterocycles. The molecule has 0 aromatic carbocycles. The molecule has 0 N–H and O–H groups in total. The van der Waals surface area contributed by atoms with Crippen molar-refractivity contribution in [2.24, 2.45) is 0 Å². The number of carbonyl (C=O) groups is 1. The van der Waals surface area contributed by atoms with Crippen LogP contribution in [-0.4, -0.2) is 41.9 Å². The van der Waals surface area contributed by atoms with E-state index in [-0.39, 0.29) is 5.91 Å². The minimum absolute atomic E-state index is 0.104. The Morgan fingerprint density at radius 3 is 2.68 bits per heavy atom. The number of hydrogen-bond donors (Lipinski definition) is 0. The fourth-order valence-electron chi connectivity index (χ4n) is 2.43. The standard InChI is InChI=1S/C16H17ClN2OS2/c17-15-5-3-14(22-15)12-18-7-9-19(10-8-18)16(20)6-4-13-2-1-11-21-13/h1-6,11H,7-10,12H2. The van der Waals surface area contributed by atoms with Crippen molar-refractivity contribution in [3.8, 4) is 0 Å². The van der Waals surface area contributed by atoms with Crippen LogP contribution in [0.25, 0.3) is 6.08 Å². The van der Waals surface area contributed by atoms with E-state index in [1.54, 1.807) is 28.7 Å². The summed E-state index contributed by atoms with van der Waals surface area (Å²) in [6.45, 7) is 4.31. The minimum Gasteiger partial charge on any atom is -0.337 e. The third kappa shape index (κ3) is 4.20. The number of nitrogens with zero attached hydrogens (tertiary/aromatic N) is 2. The Morgan fingerprint density at radius 2 is 2.05 bits per heavy atom. The molecule has 3 rings (SSSR count). The van der Waals surface area contributed by atoms with Crippen LogP contribution >= 0.6 is 34.3 Å². The van der Waals surface area contributed by atoms with Gasteiger partial charge in [-0.25, -0.2) is 0 Å². The van der Waals surface area contributed by atoms with Gasteiger partial charge in [0.15, 0.2) is 0 Å². The van der Waals surface area contributed by atoms with Gasteiger partial charge in [-0.05, 0) is 29.7 Å². The summed E-state index contributed by atoms with van der Waals surface area (Å²) in [6.07, 6.45) is 3.58. The largest absolute Gasteiger partial charge is 0.337 e. The summed E-state index contributed by atoms with van der Waals surface area (Å²) in [5.74, 6) is 0.104. The lowest BCUT2D eigenvalue weighted by Gasteiger charge is -2.33. The Morgan fingerprint density at radius 1 is 1.23 bits per heavy atom. The van der Waals surface area contributed by atoms with Gasteiger partial charge in [0.25, 0.3) is 0 Å². The van der Waals surface area contributed by atoms with Gasteiger partial charge in [-0.15, -0.1) is 22.7 Å². The number of hydrogen-bond acceptors (Lipinski definition) is 4. The van der Waals surface area contributed by atoms with E-state index in [2.05, 4.69) is 11.0 Å². The van der Waals surface area contributed by atoms with Crippen molar-refractivity contribution in [3.63, 3.8) is 0 Å². The number of carbonyl (C=O) groups excluding carboxylic acids is 1. The summed E-state index contributed by atoms with van der Waals surface area (Å²) in [5, 5.41) is 2.01. The maximum absolute atomic E-state index is 12.2. The molecule has 1 aliphatic heterocycles. The molecule has 1 aliphatic rings. The van der Waals surface area contributed by atoms with E-state index in [9.17, 15) is 4.79 Å². The topological polar surface area (TPSA) is 23.6 Å². The second-order valence-electron chi connectivity index (χ2n) is 5.16. The molecule has 3 nitrogen and oxygen atoms in total. The van der Waals surface area contributed by atoms with Gasteiger partial charge in [0.2, 0.25) is 5.91 Å². The van der Waals surface area contributed by atoms with E-state index in [4.69, 9.17) is 11.6 Å². The third-order valence-electron chi connectivity index (χ3n) is 3.63. The first kappa shape index (κ1) is 15.7. The monoisotopic (exact) mass is 352 g/mol. The molecule has 0 spiro atoms. The summed E-state index contributed by atoms with van der Waals surface area (Å²) in [6, 6.07) is 8.02. The Hall–Kier alpha value is -1.14. The SMILES string of the molecule is O=C(C=Cc1cccs1)N1CCN(Cc2ccc(Cl)s2)CC1. The van der Waals surface area contributed by atoms with Gasteiger partial charge < -0.3 is 4.90 Å². The molecular weight excluding hydrogens is 336 g/mol. The van der Waals surface area contributed by atoms with Crippen molar-refractivity contribution < 1.29 is 4.79 Å². The smallest absolute Gasteiger partial charge is 0.246 e. The van der Waals surface area contributed by atoms with Crippen LogP contribution in [0.1, 0.15) is 9.75 Å². The fraction of sp³-hybridized carbons (Fsp3) is 0.312. The summed E-state index contributed by atoms with van der Waals surface area (Å²) in [7, 11) is 0. The third-order valence-corrected chi connectivity index (χ3v) is 5.68. The Balaban J connectivity index is 1.47. The average Bonchev–Trinajstić information content (AvgIpc) is 3.17. The molecule has 2 aromatic rings. The molecule has 22 heavy (non-hydrogen) atoms. The van der Waals surface area contributed by atoms with Crippen LogP contribution in [-0.2, 0) is 11.3 Å². The lowest BCUT2D eigenvalue weighted by Crippen LogP contribution is -2.47. The number of amides is 1. The highest BCUT2D eigenvalue weighted by atomic mass is 35.5. The Labute approximate surface area is 143 Å². The predicted octanol–water partition coefficient (Wildman–Crippen LogP) is 3.82. The summed E-state index contributed by atoms with van der Waals surface area (Å²) in [4.78, 5) is 18.9. The highest BCUT2D eigenvalue weighted by Gasteiger charge is 2.19. The second kappa shape index (κ2) is 7.42. The normalized spacial score (nSPS) is 16.5. The first-order valence-corrected chi connectivity index (χ1v) is 9.25. The highest BCUT2D eigenvalue weighted by molar-refractivity contribution is 7.16. The van der Waals surface area contributed by atoms with E-state index in [0.717, 1.165) is 41.9 Å². The van der Waals surface area contributed by atoms with Crippen LogP contribution < -0.4 is 0 Å². The van der Waals surface area contributed by atoms with Crippen molar-refractivity contribution in [3.05, 3.63) is 49.8 Å². The number of thiophene rings is 2. The summed E-state index contributed by atoms with van der Waals surface area (Å²) >= 11 is 9.23. The lowest BCUT2D eigenvalue weighted by molar-refractivity contribution is -0.127. The predicted molar refractivity (Wildman–Crippen MR) is 94.5 cm³/mol. The van der Waals surface area contributed by atoms with Crippen molar-refractivity contribution in [1.82, 2.24) is 9.80 Å². The fourth-order valence-corrected chi connectivity index (χ4v) is 4.18. The van der Waals surface area contributed by atoms with Gasteiger partial charge in [-0.3, -0.25) is 9.69 Å². The van der Waals surface area contributed by atoms with E-state index in [0.29, 0.717) is 0 Å². The molecule has 0 saturated carbocycles. The van der Waals surface area contributed by atoms with Gasteiger partial charge in [-0.1, -0.05) is 17.7 Å². The lowest BCUT2D eigenvalue weighted by atomic mass is 10.3. The first-order chi connectivity index (χ1) is 10.7. The molecule has 0 radical (unpaired) electrons. The van der Waals surface area contributed by atoms with Crippen molar-refractivity contribution in [2.45, 2.75) is 6.54 Å². The zero-order valence-electron chi connectivity index (χ0n) is 12.1. The number of halogens is 1. The second-order valence-corrected chi connectivity index (χ2v) is 7.93. The van der Waals surface area contributed by atoms with Crippen LogP contribution in [0.4, 0.5) is 0 Å². The van der Waals surface area contributed by atoms with Gasteiger partial charge in [0, 0.05) is 48.6 Å². The molecular formula is C16H17ClN2OS2. The van der Waals surface area contributed by atoms with Gasteiger partial charge in [-0.2, -0.15) is 0 Å². The minimum atomic E-state index is 0.104. The summed E-state index contributed by atoms with van der Waals surface area (Å²) in [5.41, 5.74) is 0. The van der Waals surface area contributed by atoms with Crippen LogP contribution in [0.3, 0.4) is 0 Å².